The Hall–Kier alpha value is -3.13. The molecule has 4 aromatic rings. The number of nitrogen functional groups attached to an aromatic ring is 1. The molecule has 136 valence electrons. The van der Waals surface area contributed by atoms with Crippen LogP contribution in [0.25, 0.3) is 33.3 Å². The van der Waals surface area contributed by atoms with Gasteiger partial charge in [-0.1, -0.05) is 35.5 Å². The van der Waals surface area contributed by atoms with Crippen LogP contribution in [0.1, 0.15) is 4.88 Å². The third kappa shape index (κ3) is 3.43. The first-order chi connectivity index (χ1) is 12.9. The number of thiophene rings is 1. The average Bonchev–Trinajstić information content (AvgIpc) is 3.30. The molecule has 4 nitrogen and oxygen atoms in total. The molecule has 2 N–H and O–H groups in total. The van der Waals surface area contributed by atoms with Crippen molar-refractivity contribution in [2.75, 3.05) is 5.73 Å². The zero-order valence-corrected chi connectivity index (χ0v) is 14.5. The van der Waals surface area contributed by atoms with Crippen molar-refractivity contribution in [2.24, 2.45) is 0 Å². The van der Waals surface area contributed by atoms with Crippen LogP contribution in [0.15, 0.2) is 65.2 Å². The van der Waals surface area contributed by atoms with Crippen molar-refractivity contribution in [1.82, 2.24) is 10.1 Å². The minimum Gasteiger partial charge on any atom is -0.399 e. The van der Waals surface area contributed by atoms with Gasteiger partial charge in [-0.05, 0) is 35.9 Å². The minimum atomic E-state index is -4.47. The highest BCUT2D eigenvalue weighted by molar-refractivity contribution is 7.16. The quantitative estimate of drug-likeness (QED) is 0.456. The van der Waals surface area contributed by atoms with E-state index in [2.05, 4.69) is 10.1 Å². The predicted molar refractivity (Wildman–Crippen MR) is 97.9 cm³/mol. The number of benzene rings is 2. The van der Waals surface area contributed by atoms with E-state index < -0.39 is 11.1 Å². The first-order valence-corrected chi connectivity index (χ1v) is 8.70. The fourth-order valence-corrected chi connectivity index (χ4v) is 3.58. The Labute approximate surface area is 156 Å². The molecule has 0 amide bonds. The molecule has 0 aliphatic heterocycles. The predicted octanol–water partition coefficient (Wildman–Crippen LogP) is 5.73. The van der Waals surface area contributed by atoms with E-state index in [-0.39, 0.29) is 22.2 Å². The summed E-state index contributed by atoms with van der Waals surface area (Å²) in [5, 5.41) is 3.84. The van der Waals surface area contributed by atoms with Crippen LogP contribution < -0.4 is 5.73 Å². The summed E-state index contributed by atoms with van der Waals surface area (Å²) in [4.78, 5) is 3.83. The number of nitrogens with two attached hydrogens (primary N) is 1. The Bertz CT molecular complexity index is 1070. The molecule has 0 aliphatic carbocycles. The molecular weight excluding hydrogens is 375 g/mol. The van der Waals surface area contributed by atoms with Gasteiger partial charge in [-0.3, -0.25) is 0 Å². The Morgan fingerprint density at radius 2 is 1.63 bits per heavy atom. The van der Waals surface area contributed by atoms with Crippen molar-refractivity contribution in [3.63, 3.8) is 0 Å². The second-order valence-corrected chi connectivity index (χ2v) is 6.81. The lowest BCUT2D eigenvalue weighted by Crippen LogP contribution is -2.03. The van der Waals surface area contributed by atoms with Gasteiger partial charge in [-0.15, -0.1) is 11.3 Å². The lowest BCUT2D eigenvalue weighted by molar-refractivity contribution is -0.133. The van der Waals surface area contributed by atoms with Crippen LogP contribution in [0.2, 0.25) is 0 Å². The van der Waals surface area contributed by atoms with Gasteiger partial charge in [0.25, 0.3) is 5.89 Å². The number of aromatic nitrogens is 2. The van der Waals surface area contributed by atoms with Gasteiger partial charge < -0.3 is 10.3 Å². The number of alkyl halides is 3. The van der Waals surface area contributed by atoms with Gasteiger partial charge in [0.15, 0.2) is 0 Å². The number of hydrogen-bond acceptors (Lipinski definition) is 5. The molecule has 0 radical (unpaired) electrons. The van der Waals surface area contributed by atoms with Crippen LogP contribution in [0.4, 0.5) is 18.9 Å². The Kier molecular flexibility index (Phi) is 4.19. The van der Waals surface area contributed by atoms with Gasteiger partial charge in [-0.25, -0.2) is 0 Å². The standard InChI is InChI=1S/C19H12F3N3OS/c20-19(21,22)16-14(11-4-2-1-3-5-11)10-15(27-16)17-24-18(26-25-17)12-6-8-13(23)9-7-12/h1-10H,23H2. The lowest BCUT2D eigenvalue weighted by atomic mass is 10.1. The first-order valence-electron chi connectivity index (χ1n) is 7.88. The van der Waals surface area contributed by atoms with Crippen molar-refractivity contribution in [3.05, 3.63) is 65.5 Å². The van der Waals surface area contributed by atoms with Gasteiger partial charge in [-0.2, -0.15) is 18.2 Å². The fourth-order valence-electron chi connectivity index (χ4n) is 2.61. The summed E-state index contributed by atoms with van der Waals surface area (Å²) >= 11 is 0.595. The van der Waals surface area contributed by atoms with Crippen LogP contribution in [0.3, 0.4) is 0 Å². The number of rotatable bonds is 3. The number of nitrogens with zero attached hydrogens (tertiary/aromatic N) is 2. The molecule has 0 atom stereocenters. The molecule has 4 rings (SSSR count). The van der Waals surface area contributed by atoms with Crippen molar-refractivity contribution in [2.45, 2.75) is 6.18 Å². The van der Waals surface area contributed by atoms with E-state index in [9.17, 15) is 13.2 Å². The SMILES string of the molecule is Nc1ccc(-c2nc(-c3cc(-c4ccccc4)c(C(F)(F)F)s3)no2)cc1. The van der Waals surface area contributed by atoms with Crippen molar-refractivity contribution in [3.8, 4) is 33.3 Å². The third-order valence-electron chi connectivity index (χ3n) is 3.88. The molecule has 2 aromatic heterocycles. The molecule has 0 saturated carbocycles. The summed E-state index contributed by atoms with van der Waals surface area (Å²) in [6.45, 7) is 0. The van der Waals surface area contributed by atoms with Gasteiger partial charge in [0.2, 0.25) is 5.82 Å². The average molecular weight is 387 g/mol. The largest absolute Gasteiger partial charge is 0.426 e. The molecule has 2 aromatic carbocycles. The van der Waals surface area contributed by atoms with E-state index in [0.29, 0.717) is 28.2 Å². The number of halogens is 3. The van der Waals surface area contributed by atoms with Gasteiger partial charge in [0, 0.05) is 16.8 Å². The molecule has 0 saturated heterocycles. The number of hydrogen-bond donors (Lipinski definition) is 1. The molecular formula is C19H12F3N3OS. The number of anilines is 1. The third-order valence-corrected chi connectivity index (χ3v) is 5.05. The zero-order valence-electron chi connectivity index (χ0n) is 13.7. The van der Waals surface area contributed by atoms with Crippen LogP contribution in [-0.4, -0.2) is 10.1 Å². The molecule has 0 bridgehead atoms. The minimum absolute atomic E-state index is 0.0990. The summed E-state index contributed by atoms with van der Waals surface area (Å²) in [5.74, 6) is 0.327. The summed E-state index contributed by atoms with van der Waals surface area (Å²) in [6.07, 6.45) is -4.47. The van der Waals surface area contributed by atoms with Crippen molar-refractivity contribution in [1.29, 1.82) is 0 Å². The molecule has 0 aliphatic rings. The highest BCUT2D eigenvalue weighted by Gasteiger charge is 2.37. The molecule has 8 heteroatoms. The van der Waals surface area contributed by atoms with Crippen LogP contribution >= 0.6 is 11.3 Å². The maximum absolute atomic E-state index is 13.5. The van der Waals surface area contributed by atoms with Gasteiger partial charge in [0.05, 0.1) is 4.88 Å². The van der Waals surface area contributed by atoms with Crippen LogP contribution in [0.5, 0.6) is 0 Å². The monoisotopic (exact) mass is 387 g/mol. The van der Waals surface area contributed by atoms with E-state index >= 15 is 0 Å². The molecule has 0 unspecified atom stereocenters. The fraction of sp³-hybridized carbons (Fsp3) is 0.0526. The van der Waals surface area contributed by atoms with Crippen molar-refractivity contribution >= 4 is 17.0 Å². The maximum Gasteiger partial charge on any atom is 0.426 e. The molecule has 0 spiro atoms. The second kappa shape index (κ2) is 6.55. The summed E-state index contributed by atoms with van der Waals surface area (Å²) < 4.78 is 45.7. The van der Waals surface area contributed by atoms with Crippen molar-refractivity contribution < 1.29 is 17.7 Å². The highest BCUT2D eigenvalue weighted by atomic mass is 32.1. The Morgan fingerprint density at radius 3 is 2.30 bits per heavy atom. The smallest absolute Gasteiger partial charge is 0.399 e. The van der Waals surface area contributed by atoms with E-state index in [1.807, 2.05) is 0 Å². The van der Waals surface area contributed by atoms with Gasteiger partial charge in [0.1, 0.15) is 4.88 Å². The Morgan fingerprint density at radius 1 is 0.926 bits per heavy atom. The van der Waals surface area contributed by atoms with E-state index in [4.69, 9.17) is 10.3 Å². The maximum atomic E-state index is 13.5. The summed E-state index contributed by atoms with van der Waals surface area (Å²) in [5.41, 5.74) is 7.45. The van der Waals surface area contributed by atoms with E-state index in [1.54, 1.807) is 54.6 Å². The molecule has 0 fully saturated rings. The van der Waals surface area contributed by atoms with Crippen LogP contribution in [0, 0.1) is 0 Å². The van der Waals surface area contributed by atoms with Crippen LogP contribution in [-0.2, 0) is 6.18 Å². The Balaban J connectivity index is 1.77. The summed E-state index contributed by atoms with van der Waals surface area (Å²) in [7, 11) is 0. The topological polar surface area (TPSA) is 64.9 Å². The molecule has 27 heavy (non-hydrogen) atoms. The normalized spacial score (nSPS) is 11.7. The second-order valence-electron chi connectivity index (χ2n) is 5.76. The van der Waals surface area contributed by atoms with E-state index in [1.165, 1.54) is 6.07 Å². The zero-order chi connectivity index (χ0) is 19.0. The molecule has 2 heterocycles. The van der Waals surface area contributed by atoms with E-state index in [0.717, 1.165) is 0 Å². The summed E-state index contributed by atoms with van der Waals surface area (Å²) in [6, 6.07) is 16.6. The first kappa shape index (κ1) is 17.3. The lowest BCUT2D eigenvalue weighted by Gasteiger charge is -2.07. The highest BCUT2D eigenvalue weighted by Crippen LogP contribution is 2.45. The van der Waals surface area contributed by atoms with Gasteiger partial charge >= 0.3 is 6.18 Å².